The third kappa shape index (κ3) is 6.08. The number of halogens is 3. The van der Waals surface area contributed by atoms with Gasteiger partial charge in [0.05, 0.1) is 10.9 Å². The van der Waals surface area contributed by atoms with E-state index in [0.717, 1.165) is 34.4 Å². The molecule has 0 saturated heterocycles. The average Bonchev–Trinajstić information content (AvgIpc) is 2.84. The van der Waals surface area contributed by atoms with Crippen LogP contribution in [0.1, 0.15) is 25.0 Å². The molecule has 2 heterocycles. The molecule has 0 atom stereocenters. The van der Waals surface area contributed by atoms with Crippen molar-refractivity contribution in [3.8, 4) is 22.5 Å². The van der Waals surface area contributed by atoms with E-state index >= 15 is 0 Å². The topological polar surface area (TPSA) is 80.1 Å². The molecule has 4 aromatic rings. The van der Waals surface area contributed by atoms with E-state index in [1.807, 2.05) is 43.3 Å². The van der Waals surface area contributed by atoms with Crippen molar-refractivity contribution in [1.82, 2.24) is 24.8 Å². The van der Waals surface area contributed by atoms with Crippen LogP contribution in [0.3, 0.4) is 0 Å². The first kappa shape index (κ1) is 27.0. The summed E-state index contributed by atoms with van der Waals surface area (Å²) in [6.45, 7) is 3.86. The molecule has 0 aliphatic carbocycles. The fourth-order valence-corrected chi connectivity index (χ4v) is 4.19. The molecular weight excluding hydrogens is 495 g/mol. The summed E-state index contributed by atoms with van der Waals surface area (Å²) in [7, 11) is 3.94. The molecule has 198 valence electrons. The van der Waals surface area contributed by atoms with Crippen LogP contribution in [0.5, 0.6) is 0 Å². The van der Waals surface area contributed by atoms with Crippen LogP contribution in [0, 0.1) is 0 Å². The minimum absolute atomic E-state index is 0.0541. The molecule has 0 saturated carbocycles. The number of pyridine rings is 1. The highest BCUT2D eigenvalue weighted by Crippen LogP contribution is 2.32. The van der Waals surface area contributed by atoms with E-state index in [0.29, 0.717) is 5.56 Å². The number of rotatable bonds is 7. The van der Waals surface area contributed by atoms with E-state index in [4.69, 9.17) is 0 Å². The van der Waals surface area contributed by atoms with Gasteiger partial charge in [0.2, 0.25) is 5.91 Å². The van der Waals surface area contributed by atoms with Crippen LogP contribution in [0.15, 0.2) is 65.6 Å². The predicted molar refractivity (Wildman–Crippen MR) is 140 cm³/mol. The second-order valence-corrected chi connectivity index (χ2v) is 9.66. The molecule has 7 nitrogen and oxygen atoms in total. The Labute approximate surface area is 218 Å². The molecule has 10 heteroatoms. The van der Waals surface area contributed by atoms with Gasteiger partial charge in [-0.2, -0.15) is 13.2 Å². The lowest BCUT2D eigenvalue weighted by Gasteiger charge is -2.16. The van der Waals surface area contributed by atoms with Gasteiger partial charge in [0, 0.05) is 29.9 Å². The molecule has 0 spiro atoms. The Morgan fingerprint density at radius 2 is 1.74 bits per heavy atom. The number of aromatic nitrogens is 3. The average molecular weight is 524 g/mol. The van der Waals surface area contributed by atoms with Crippen LogP contribution in [0.25, 0.3) is 33.5 Å². The smallest absolute Gasteiger partial charge is 0.352 e. The molecule has 0 unspecified atom stereocenters. The summed E-state index contributed by atoms with van der Waals surface area (Å²) in [6.07, 6.45) is -3.00. The van der Waals surface area contributed by atoms with Gasteiger partial charge in [-0.05, 0) is 63.3 Å². The third-order valence-corrected chi connectivity index (χ3v) is 5.77. The Morgan fingerprint density at radius 1 is 1.03 bits per heavy atom. The summed E-state index contributed by atoms with van der Waals surface area (Å²) in [6, 6.07) is 13.8. The van der Waals surface area contributed by atoms with Crippen LogP contribution < -0.4 is 10.9 Å². The number of nitrogens with zero attached hydrogens (tertiary/aromatic N) is 4. The van der Waals surface area contributed by atoms with Crippen molar-refractivity contribution < 1.29 is 18.0 Å². The van der Waals surface area contributed by atoms with Gasteiger partial charge < -0.3 is 10.2 Å². The number of carbonyl (C=O) groups is 1. The quantitative estimate of drug-likeness (QED) is 0.379. The van der Waals surface area contributed by atoms with Gasteiger partial charge in [0.25, 0.3) is 5.56 Å². The summed E-state index contributed by atoms with van der Waals surface area (Å²) >= 11 is 0. The SMILES string of the molecule is CC(C)NC(=O)Cn1c(-c2cccc(C(F)(F)F)c2)nc2ncc(-c3cccc(CN(C)C)c3)cc2c1=O. The zero-order chi connectivity index (χ0) is 27.6. The minimum atomic E-state index is -4.58. The number of benzene rings is 2. The first-order valence-corrected chi connectivity index (χ1v) is 12.0. The Hall–Kier alpha value is -4.05. The predicted octanol–water partition coefficient (Wildman–Crippen LogP) is 4.73. The van der Waals surface area contributed by atoms with Gasteiger partial charge in [0.1, 0.15) is 12.4 Å². The molecule has 4 rings (SSSR count). The lowest BCUT2D eigenvalue weighted by atomic mass is 10.0. The molecule has 2 aromatic carbocycles. The van der Waals surface area contributed by atoms with E-state index in [2.05, 4.69) is 15.3 Å². The molecule has 0 radical (unpaired) electrons. The summed E-state index contributed by atoms with van der Waals surface area (Å²) in [5, 5.41) is 2.87. The highest BCUT2D eigenvalue weighted by atomic mass is 19.4. The zero-order valence-electron chi connectivity index (χ0n) is 21.5. The number of hydrogen-bond acceptors (Lipinski definition) is 5. The van der Waals surface area contributed by atoms with Gasteiger partial charge in [-0.15, -0.1) is 0 Å². The van der Waals surface area contributed by atoms with Crippen LogP contribution in [0.2, 0.25) is 0 Å². The van der Waals surface area contributed by atoms with Gasteiger partial charge in [-0.25, -0.2) is 9.97 Å². The monoisotopic (exact) mass is 523 g/mol. The van der Waals surface area contributed by atoms with Crippen LogP contribution in [0.4, 0.5) is 13.2 Å². The maximum atomic E-state index is 13.7. The van der Waals surface area contributed by atoms with Crippen molar-refractivity contribution in [1.29, 1.82) is 0 Å². The fraction of sp³-hybridized carbons (Fsp3) is 0.286. The summed E-state index contributed by atoms with van der Waals surface area (Å²) in [4.78, 5) is 37.2. The largest absolute Gasteiger partial charge is 0.416 e. The Morgan fingerprint density at radius 3 is 2.42 bits per heavy atom. The Bertz CT molecular complexity index is 1540. The van der Waals surface area contributed by atoms with Crippen molar-refractivity contribution >= 4 is 16.9 Å². The first-order valence-electron chi connectivity index (χ1n) is 12.0. The Balaban J connectivity index is 1.89. The Kier molecular flexibility index (Phi) is 7.63. The number of fused-ring (bicyclic) bond motifs is 1. The molecule has 2 aromatic heterocycles. The molecule has 0 fully saturated rings. The summed E-state index contributed by atoms with van der Waals surface area (Å²) in [5.41, 5.74) is 1.29. The molecule has 0 bridgehead atoms. The van der Waals surface area contributed by atoms with E-state index in [-0.39, 0.29) is 28.5 Å². The highest BCUT2D eigenvalue weighted by molar-refractivity contribution is 5.83. The second kappa shape index (κ2) is 10.7. The molecule has 1 amide bonds. The molecule has 1 N–H and O–H groups in total. The van der Waals surface area contributed by atoms with Gasteiger partial charge >= 0.3 is 6.18 Å². The van der Waals surface area contributed by atoms with E-state index in [1.165, 1.54) is 12.1 Å². The van der Waals surface area contributed by atoms with Crippen molar-refractivity contribution in [3.63, 3.8) is 0 Å². The molecule has 38 heavy (non-hydrogen) atoms. The number of carbonyl (C=O) groups excluding carboxylic acids is 1. The standard InChI is InChI=1S/C28H28F3N5O2/c1-17(2)33-24(37)16-36-26(20-9-6-10-22(12-20)28(29,30)31)34-25-23(27(36)38)13-21(14-32-25)19-8-5-7-18(11-19)15-35(3)4/h5-14,17H,15-16H2,1-4H3,(H,33,37). The van der Waals surface area contributed by atoms with E-state index < -0.39 is 29.8 Å². The van der Waals surface area contributed by atoms with E-state index in [9.17, 15) is 22.8 Å². The number of nitrogens with one attached hydrogen (secondary N) is 1. The van der Waals surface area contributed by atoms with Crippen LogP contribution >= 0.6 is 0 Å². The summed E-state index contributed by atoms with van der Waals surface area (Å²) in [5.74, 6) is -0.530. The van der Waals surface area contributed by atoms with Crippen LogP contribution in [-0.2, 0) is 24.1 Å². The van der Waals surface area contributed by atoms with Gasteiger partial charge in [-0.1, -0.05) is 30.3 Å². The first-order chi connectivity index (χ1) is 17.9. The van der Waals surface area contributed by atoms with Gasteiger partial charge in [-0.3, -0.25) is 14.2 Å². The van der Waals surface area contributed by atoms with Crippen molar-refractivity contribution in [2.45, 2.75) is 39.2 Å². The third-order valence-electron chi connectivity index (χ3n) is 5.77. The lowest BCUT2D eigenvalue weighted by molar-refractivity contribution is -0.137. The normalized spacial score (nSPS) is 11.9. The van der Waals surface area contributed by atoms with Crippen molar-refractivity contribution in [2.75, 3.05) is 14.1 Å². The molecule has 0 aliphatic rings. The molecule has 0 aliphatic heterocycles. The molecular formula is C28H28F3N5O2. The number of hydrogen-bond donors (Lipinski definition) is 1. The number of amides is 1. The van der Waals surface area contributed by atoms with Crippen LogP contribution in [-0.4, -0.2) is 45.5 Å². The maximum Gasteiger partial charge on any atom is 0.416 e. The second-order valence-electron chi connectivity index (χ2n) is 9.66. The van der Waals surface area contributed by atoms with Gasteiger partial charge in [0.15, 0.2) is 5.65 Å². The summed E-state index contributed by atoms with van der Waals surface area (Å²) < 4.78 is 41.3. The fourth-order valence-electron chi connectivity index (χ4n) is 4.19. The van der Waals surface area contributed by atoms with Crippen molar-refractivity contribution in [2.24, 2.45) is 0 Å². The number of alkyl halides is 3. The maximum absolute atomic E-state index is 13.7. The lowest BCUT2D eigenvalue weighted by Crippen LogP contribution is -2.37. The van der Waals surface area contributed by atoms with E-state index in [1.54, 1.807) is 26.1 Å². The van der Waals surface area contributed by atoms with Crippen molar-refractivity contribution in [3.05, 3.63) is 82.3 Å². The zero-order valence-corrected chi connectivity index (χ0v) is 21.5. The highest BCUT2D eigenvalue weighted by Gasteiger charge is 2.31. The minimum Gasteiger partial charge on any atom is -0.352 e.